The molecule has 4 rings (SSSR count). The quantitative estimate of drug-likeness (QED) is 0.773. The second-order valence-electron chi connectivity index (χ2n) is 9.30. The highest BCUT2D eigenvalue weighted by molar-refractivity contribution is 6.33. The zero-order valence-electron chi connectivity index (χ0n) is 17.7. The number of halogens is 1. The highest BCUT2D eigenvalue weighted by Gasteiger charge is 2.32. The molecule has 0 saturated heterocycles. The van der Waals surface area contributed by atoms with E-state index in [4.69, 9.17) is 11.6 Å². The van der Waals surface area contributed by atoms with E-state index < -0.39 is 0 Å². The molecule has 8 heteroatoms. The molecule has 3 heterocycles. The first kappa shape index (κ1) is 20.8. The number of amides is 2. The summed E-state index contributed by atoms with van der Waals surface area (Å²) in [5, 5.41) is 10.9. The summed E-state index contributed by atoms with van der Waals surface area (Å²) in [5.41, 5.74) is 3.16. The number of aromatic nitrogens is 3. The minimum Gasteiger partial charge on any atom is -0.354 e. The van der Waals surface area contributed by atoms with Crippen LogP contribution in [0.5, 0.6) is 0 Å². The molecule has 2 aliphatic rings. The fraction of sp³-hybridized carbons (Fsp3) is 0.545. The van der Waals surface area contributed by atoms with Gasteiger partial charge in [-0.25, -0.2) is 4.98 Å². The molecule has 2 aromatic heterocycles. The molecule has 0 bridgehead atoms. The maximum atomic E-state index is 12.8. The Morgan fingerprint density at radius 2 is 2.03 bits per heavy atom. The van der Waals surface area contributed by atoms with E-state index in [1.165, 1.54) is 6.92 Å². The number of carbonyl (C=O) groups is 2. The summed E-state index contributed by atoms with van der Waals surface area (Å²) in [5.74, 6) is 0.227. The molecule has 2 aromatic rings. The van der Waals surface area contributed by atoms with Crippen LogP contribution in [0.25, 0.3) is 11.1 Å². The van der Waals surface area contributed by atoms with Crippen LogP contribution < -0.4 is 10.6 Å². The molecule has 0 aromatic carbocycles. The normalized spacial score (nSPS) is 22.4. The van der Waals surface area contributed by atoms with E-state index in [0.29, 0.717) is 17.3 Å². The van der Waals surface area contributed by atoms with Crippen LogP contribution in [0.4, 0.5) is 5.82 Å². The largest absolute Gasteiger partial charge is 0.354 e. The van der Waals surface area contributed by atoms with E-state index in [1.807, 2.05) is 16.9 Å². The molecule has 160 valence electrons. The predicted octanol–water partition coefficient (Wildman–Crippen LogP) is 3.81. The standard InChI is InChI=1S/C22H28ClN5O2/c1-13(29)26-15-6-4-5-14(7-15)21(30)27-20-8-16(18(23)11-24-20)17-10-25-28-12-22(2,3)9-19(17)28/h8,10-11,14-15H,4-7,9,12H2,1-3H3,(H,26,29)(H,24,27,30)/t14-,15-/m0/s1. The average Bonchev–Trinajstić information content (AvgIpc) is 3.18. The minimum absolute atomic E-state index is 0.0537. The van der Waals surface area contributed by atoms with Crippen LogP contribution >= 0.6 is 11.6 Å². The third-order valence-electron chi connectivity index (χ3n) is 6.02. The Bertz CT molecular complexity index is 984. The lowest BCUT2D eigenvalue weighted by Gasteiger charge is -2.28. The van der Waals surface area contributed by atoms with Gasteiger partial charge < -0.3 is 10.6 Å². The zero-order chi connectivity index (χ0) is 21.5. The van der Waals surface area contributed by atoms with E-state index in [1.54, 1.807) is 6.20 Å². The van der Waals surface area contributed by atoms with Crippen molar-refractivity contribution < 1.29 is 9.59 Å². The van der Waals surface area contributed by atoms with E-state index in [0.717, 1.165) is 49.0 Å². The zero-order valence-corrected chi connectivity index (χ0v) is 18.4. The summed E-state index contributed by atoms with van der Waals surface area (Å²) in [4.78, 5) is 28.5. The Balaban J connectivity index is 1.51. The van der Waals surface area contributed by atoms with Crippen molar-refractivity contribution >= 4 is 29.2 Å². The molecule has 0 unspecified atom stereocenters. The van der Waals surface area contributed by atoms with E-state index >= 15 is 0 Å². The minimum atomic E-state index is -0.141. The summed E-state index contributed by atoms with van der Waals surface area (Å²) < 4.78 is 2.04. The van der Waals surface area contributed by atoms with Crippen molar-refractivity contribution in [3.8, 4) is 11.1 Å². The molecular formula is C22H28ClN5O2. The fourth-order valence-corrected chi connectivity index (χ4v) is 4.87. The van der Waals surface area contributed by atoms with Gasteiger partial charge in [0.15, 0.2) is 0 Å². The van der Waals surface area contributed by atoms with Gasteiger partial charge >= 0.3 is 0 Å². The molecule has 2 amide bonds. The van der Waals surface area contributed by atoms with Crippen molar-refractivity contribution in [2.75, 3.05) is 5.32 Å². The van der Waals surface area contributed by atoms with Gasteiger partial charge in [0.25, 0.3) is 0 Å². The number of nitrogens with one attached hydrogen (secondary N) is 2. The van der Waals surface area contributed by atoms with Crippen LogP contribution in [-0.2, 0) is 22.6 Å². The second-order valence-corrected chi connectivity index (χ2v) is 9.71. The topological polar surface area (TPSA) is 88.9 Å². The van der Waals surface area contributed by atoms with Crippen molar-refractivity contribution in [3.05, 3.63) is 29.2 Å². The molecule has 2 N–H and O–H groups in total. The number of hydrogen-bond donors (Lipinski definition) is 2. The molecule has 7 nitrogen and oxygen atoms in total. The van der Waals surface area contributed by atoms with Gasteiger partial charge in [-0.3, -0.25) is 14.3 Å². The fourth-order valence-electron chi connectivity index (χ4n) is 4.66. The Morgan fingerprint density at radius 1 is 1.23 bits per heavy atom. The highest BCUT2D eigenvalue weighted by atomic mass is 35.5. The lowest BCUT2D eigenvalue weighted by atomic mass is 9.85. The lowest BCUT2D eigenvalue weighted by Crippen LogP contribution is -2.40. The Morgan fingerprint density at radius 3 is 2.80 bits per heavy atom. The van der Waals surface area contributed by atoms with Gasteiger partial charge in [-0.15, -0.1) is 0 Å². The van der Waals surface area contributed by atoms with Crippen LogP contribution in [-0.4, -0.2) is 32.6 Å². The van der Waals surface area contributed by atoms with Crippen LogP contribution in [0.15, 0.2) is 18.5 Å². The summed E-state index contributed by atoms with van der Waals surface area (Å²) in [6.45, 7) is 6.84. The van der Waals surface area contributed by atoms with Gasteiger partial charge in [0.05, 0.1) is 11.2 Å². The van der Waals surface area contributed by atoms with Gasteiger partial charge in [-0.2, -0.15) is 5.10 Å². The van der Waals surface area contributed by atoms with Crippen LogP contribution in [0, 0.1) is 11.3 Å². The van der Waals surface area contributed by atoms with Gasteiger partial charge in [-0.1, -0.05) is 31.9 Å². The van der Waals surface area contributed by atoms with Crippen molar-refractivity contribution in [2.45, 2.75) is 65.5 Å². The maximum absolute atomic E-state index is 12.8. The van der Waals surface area contributed by atoms with Crippen LogP contribution in [0.1, 0.15) is 52.1 Å². The molecule has 0 spiro atoms. The van der Waals surface area contributed by atoms with E-state index in [9.17, 15) is 9.59 Å². The first-order chi connectivity index (χ1) is 14.2. The first-order valence-corrected chi connectivity index (χ1v) is 10.9. The van der Waals surface area contributed by atoms with Crippen molar-refractivity contribution in [1.29, 1.82) is 0 Å². The van der Waals surface area contributed by atoms with E-state index in [-0.39, 0.29) is 29.2 Å². The Hall–Kier alpha value is -2.41. The molecule has 1 fully saturated rings. The van der Waals surface area contributed by atoms with Crippen molar-refractivity contribution in [1.82, 2.24) is 20.1 Å². The Kier molecular flexibility index (Phi) is 5.57. The third kappa shape index (κ3) is 4.36. The van der Waals surface area contributed by atoms with Gasteiger partial charge in [0.1, 0.15) is 5.82 Å². The van der Waals surface area contributed by atoms with Crippen molar-refractivity contribution in [3.63, 3.8) is 0 Å². The molecule has 1 saturated carbocycles. The molecule has 30 heavy (non-hydrogen) atoms. The lowest BCUT2D eigenvalue weighted by molar-refractivity contribution is -0.123. The number of hydrogen-bond acceptors (Lipinski definition) is 4. The predicted molar refractivity (Wildman–Crippen MR) is 116 cm³/mol. The SMILES string of the molecule is CC(=O)N[C@H]1CCC[C@H](C(=O)Nc2cc(-c3cnn4c3CC(C)(C)C4)c(Cl)cn2)C1. The van der Waals surface area contributed by atoms with Crippen LogP contribution in [0.2, 0.25) is 5.02 Å². The van der Waals surface area contributed by atoms with Gasteiger partial charge in [-0.05, 0) is 37.2 Å². The van der Waals surface area contributed by atoms with Gasteiger partial charge in [0, 0.05) is 48.4 Å². The molecule has 1 aliphatic carbocycles. The summed E-state index contributed by atoms with van der Waals surface area (Å²) in [6, 6.07) is 1.89. The summed E-state index contributed by atoms with van der Waals surface area (Å²) in [7, 11) is 0. The number of pyridine rings is 1. The average molecular weight is 430 g/mol. The monoisotopic (exact) mass is 429 g/mol. The number of fused-ring (bicyclic) bond motifs is 1. The second kappa shape index (κ2) is 8.02. The van der Waals surface area contributed by atoms with Crippen molar-refractivity contribution in [2.24, 2.45) is 11.3 Å². The number of anilines is 1. The molecule has 1 aliphatic heterocycles. The summed E-state index contributed by atoms with van der Waals surface area (Å²) >= 11 is 6.46. The number of nitrogens with zero attached hydrogens (tertiary/aromatic N) is 3. The first-order valence-electron chi connectivity index (χ1n) is 10.5. The molecule has 0 radical (unpaired) electrons. The third-order valence-corrected chi connectivity index (χ3v) is 6.32. The van der Waals surface area contributed by atoms with Gasteiger partial charge in [0.2, 0.25) is 11.8 Å². The maximum Gasteiger partial charge on any atom is 0.228 e. The Labute approximate surface area is 181 Å². The highest BCUT2D eigenvalue weighted by Crippen LogP contribution is 2.39. The number of rotatable bonds is 4. The number of carbonyl (C=O) groups excluding carboxylic acids is 2. The smallest absolute Gasteiger partial charge is 0.228 e. The van der Waals surface area contributed by atoms with E-state index in [2.05, 4.69) is 34.6 Å². The summed E-state index contributed by atoms with van der Waals surface area (Å²) in [6.07, 6.45) is 7.65. The molecule has 2 atom stereocenters. The molecular weight excluding hydrogens is 402 g/mol. The van der Waals surface area contributed by atoms with Crippen LogP contribution in [0.3, 0.4) is 0 Å².